The summed E-state index contributed by atoms with van der Waals surface area (Å²) < 4.78 is 15.7. The number of nitro benzene ring substituents is 1. The molecule has 7 nitrogen and oxygen atoms in total. The minimum atomic E-state index is -0.845. The Hall–Kier alpha value is -2.32. The largest absolute Gasteiger partial charge is 0.493 e. The third-order valence-electron chi connectivity index (χ3n) is 3.00. The third kappa shape index (κ3) is 3.77. The number of esters is 1. The molecule has 0 saturated heterocycles. The van der Waals surface area contributed by atoms with E-state index in [4.69, 9.17) is 21.1 Å². The molecule has 0 bridgehead atoms. The van der Waals surface area contributed by atoms with Crippen LogP contribution in [-0.2, 0) is 4.74 Å². The van der Waals surface area contributed by atoms with Crippen LogP contribution in [0.2, 0.25) is 5.02 Å². The Balaban J connectivity index is 2.51. The Morgan fingerprint density at radius 2 is 1.88 bits per heavy atom. The number of carbonyl (C=O) groups is 1. The van der Waals surface area contributed by atoms with Crippen LogP contribution < -0.4 is 9.47 Å². The summed E-state index contributed by atoms with van der Waals surface area (Å²) in [7, 11) is 2.58. The maximum atomic E-state index is 11.8. The van der Waals surface area contributed by atoms with E-state index in [1.54, 1.807) is 18.2 Å². The Kier molecular flexibility index (Phi) is 5.63. The highest BCUT2D eigenvalue weighted by atomic mass is 79.9. The molecule has 2 aromatic rings. The second-order valence-corrected chi connectivity index (χ2v) is 5.74. The number of carbonyl (C=O) groups excluding carboxylic acids is 1. The summed E-state index contributed by atoms with van der Waals surface area (Å²) >= 11 is 9.08. The fourth-order valence-corrected chi connectivity index (χ4v) is 2.46. The first kappa shape index (κ1) is 18.0. The van der Waals surface area contributed by atoms with Gasteiger partial charge in [-0.05, 0) is 28.1 Å². The number of methoxy groups -OCH3 is 2. The standard InChI is InChI=1S/C15H11BrClNO6/c1-22-14-5-8(17)3-4-12(14)24-13-6-9(15(19)23-2)11(18(20)21)7-10(13)16/h3-7H,1-2H3. The molecule has 0 aliphatic carbocycles. The van der Waals surface area contributed by atoms with Gasteiger partial charge in [-0.25, -0.2) is 4.79 Å². The van der Waals surface area contributed by atoms with Crippen LogP contribution in [0.3, 0.4) is 0 Å². The van der Waals surface area contributed by atoms with E-state index in [1.807, 2.05) is 0 Å². The zero-order valence-electron chi connectivity index (χ0n) is 12.5. The molecular weight excluding hydrogens is 406 g/mol. The molecular formula is C15H11BrClNO6. The molecule has 0 aliphatic heterocycles. The minimum Gasteiger partial charge on any atom is -0.493 e. The topological polar surface area (TPSA) is 87.9 Å². The van der Waals surface area contributed by atoms with E-state index in [1.165, 1.54) is 19.2 Å². The number of benzene rings is 2. The van der Waals surface area contributed by atoms with Crippen LogP contribution in [0.4, 0.5) is 5.69 Å². The summed E-state index contributed by atoms with van der Waals surface area (Å²) in [6, 6.07) is 7.12. The molecule has 0 aliphatic rings. The SMILES string of the molecule is COC(=O)c1cc(Oc2ccc(Cl)cc2OC)c(Br)cc1[N+](=O)[O-]. The second-order valence-electron chi connectivity index (χ2n) is 4.45. The van der Waals surface area contributed by atoms with Gasteiger partial charge < -0.3 is 14.2 Å². The average molecular weight is 417 g/mol. The molecule has 0 unspecified atom stereocenters. The van der Waals surface area contributed by atoms with Crippen LogP contribution in [0.15, 0.2) is 34.8 Å². The van der Waals surface area contributed by atoms with E-state index in [2.05, 4.69) is 20.7 Å². The molecule has 0 amide bonds. The molecule has 0 aromatic heterocycles. The van der Waals surface area contributed by atoms with Crippen molar-refractivity contribution in [3.05, 3.63) is 55.5 Å². The molecule has 0 spiro atoms. The maximum Gasteiger partial charge on any atom is 0.345 e. The predicted octanol–water partition coefficient (Wildman–Crippen LogP) is 4.60. The number of rotatable bonds is 5. The molecule has 24 heavy (non-hydrogen) atoms. The van der Waals surface area contributed by atoms with Gasteiger partial charge in [-0.15, -0.1) is 0 Å². The molecule has 0 atom stereocenters. The van der Waals surface area contributed by atoms with Gasteiger partial charge >= 0.3 is 5.97 Å². The van der Waals surface area contributed by atoms with Gasteiger partial charge in [0.2, 0.25) is 0 Å². The summed E-state index contributed by atoms with van der Waals surface area (Å²) in [6.45, 7) is 0. The second kappa shape index (κ2) is 7.50. The van der Waals surface area contributed by atoms with Crippen molar-refractivity contribution in [2.24, 2.45) is 0 Å². The molecule has 0 saturated carbocycles. The van der Waals surface area contributed by atoms with Crippen molar-refractivity contribution in [3.8, 4) is 17.2 Å². The number of hydrogen-bond acceptors (Lipinski definition) is 6. The van der Waals surface area contributed by atoms with Crippen LogP contribution in [0.25, 0.3) is 0 Å². The van der Waals surface area contributed by atoms with E-state index < -0.39 is 16.6 Å². The third-order valence-corrected chi connectivity index (χ3v) is 3.85. The van der Waals surface area contributed by atoms with Crippen molar-refractivity contribution < 1.29 is 23.9 Å². The highest BCUT2D eigenvalue weighted by Crippen LogP contribution is 2.39. The van der Waals surface area contributed by atoms with Crippen LogP contribution in [0.5, 0.6) is 17.2 Å². The highest BCUT2D eigenvalue weighted by Gasteiger charge is 2.24. The molecule has 2 rings (SSSR count). The number of hydrogen-bond donors (Lipinski definition) is 0. The van der Waals surface area contributed by atoms with E-state index in [0.29, 0.717) is 21.0 Å². The van der Waals surface area contributed by atoms with Crippen molar-refractivity contribution in [2.45, 2.75) is 0 Å². The quantitative estimate of drug-likeness (QED) is 0.402. The van der Waals surface area contributed by atoms with Crippen LogP contribution in [-0.4, -0.2) is 25.1 Å². The van der Waals surface area contributed by atoms with Gasteiger partial charge in [0.15, 0.2) is 11.5 Å². The Morgan fingerprint density at radius 3 is 2.46 bits per heavy atom. The zero-order chi connectivity index (χ0) is 17.9. The van der Waals surface area contributed by atoms with Gasteiger partial charge in [0.1, 0.15) is 11.3 Å². The Labute approximate surface area is 150 Å². The number of ether oxygens (including phenoxy) is 3. The summed E-state index contributed by atoms with van der Waals surface area (Å²) in [5.41, 5.74) is -0.627. The maximum absolute atomic E-state index is 11.8. The van der Waals surface area contributed by atoms with Crippen LogP contribution in [0, 0.1) is 10.1 Å². The molecule has 2 aromatic carbocycles. The van der Waals surface area contributed by atoms with Gasteiger partial charge in [-0.2, -0.15) is 0 Å². The lowest BCUT2D eigenvalue weighted by molar-refractivity contribution is -0.385. The number of halogens is 2. The fraction of sp³-hybridized carbons (Fsp3) is 0.133. The van der Waals surface area contributed by atoms with Crippen molar-refractivity contribution in [3.63, 3.8) is 0 Å². The average Bonchev–Trinajstić information content (AvgIpc) is 2.56. The zero-order valence-corrected chi connectivity index (χ0v) is 14.9. The van der Waals surface area contributed by atoms with Gasteiger partial charge in [0.05, 0.1) is 23.6 Å². The van der Waals surface area contributed by atoms with E-state index >= 15 is 0 Å². The first-order valence-electron chi connectivity index (χ1n) is 6.45. The van der Waals surface area contributed by atoms with E-state index in [9.17, 15) is 14.9 Å². The number of nitrogens with zero attached hydrogens (tertiary/aromatic N) is 1. The number of nitro groups is 1. The Morgan fingerprint density at radius 1 is 1.17 bits per heavy atom. The van der Waals surface area contributed by atoms with Crippen molar-refractivity contribution in [1.82, 2.24) is 0 Å². The van der Waals surface area contributed by atoms with E-state index in [-0.39, 0.29) is 11.3 Å². The van der Waals surface area contributed by atoms with Crippen molar-refractivity contribution >= 4 is 39.2 Å². The summed E-state index contributed by atoms with van der Waals surface area (Å²) in [4.78, 5) is 22.2. The smallest absolute Gasteiger partial charge is 0.345 e. The molecule has 0 N–H and O–H groups in total. The highest BCUT2D eigenvalue weighted by molar-refractivity contribution is 9.10. The summed E-state index contributed by atoms with van der Waals surface area (Å²) in [6.07, 6.45) is 0. The van der Waals surface area contributed by atoms with Gasteiger partial charge in [0.25, 0.3) is 5.69 Å². The fourth-order valence-electron chi connectivity index (χ4n) is 1.89. The lowest BCUT2D eigenvalue weighted by Gasteiger charge is -2.13. The molecule has 9 heteroatoms. The van der Waals surface area contributed by atoms with E-state index in [0.717, 1.165) is 7.11 Å². The Bertz CT molecular complexity index is 811. The first-order chi connectivity index (χ1) is 11.4. The lowest BCUT2D eigenvalue weighted by atomic mass is 10.1. The van der Waals surface area contributed by atoms with Crippen molar-refractivity contribution in [2.75, 3.05) is 14.2 Å². The van der Waals surface area contributed by atoms with Gasteiger partial charge in [-0.3, -0.25) is 10.1 Å². The molecule has 0 radical (unpaired) electrons. The van der Waals surface area contributed by atoms with Gasteiger partial charge in [0, 0.05) is 23.2 Å². The normalized spacial score (nSPS) is 10.2. The summed E-state index contributed by atoms with van der Waals surface area (Å²) in [5, 5.41) is 11.6. The first-order valence-corrected chi connectivity index (χ1v) is 7.62. The predicted molar refractivity (Wildman–Crippen MR) is 90.2 cm³/mol. The molecule has 0 fully saturated rings. The molecule has 0 heterocycles. The monoisotopic (exact) mass is 415 g/mol. The molecule has 126 valence electrons. The minimum absolute atomic E-state index is 0.182. The van der Waals surface area contributed by atoms with Gasteiger partial charge in [-0.1, -0.05) is 11.6 Å². The van der Waals surface area contributed by atoms with Crippen LogP contribution in [0.1, 0.15) is 10.4 Å². The lowest BCUT2D eigenvalue weighted by Crippen LogP contribution is -2.06. The summed E-state index contributed by atoms with van der Waals surface area (Å²) in [5.74, 6) is 0.0309. The van der Waals surface area contributed by atoms with Crippen molar-refractivity contribution in [1.29, 1.82) is 0 Å². The van der Waals surface area contributed by atoms with Crippen LogP contribution >= 0.6 is 27.5 Å².